The molecule has 1 aromatic heterocycles. The zero-order valence-electron chi connectivity index (χ0n) is 15.1. The van der Waals surface area contributed by atoms with Gasteiger partial charge < -0.3 is 24.8 Å². The normalized spacial score (nSPS) is 10.7. The highest BCUT2D eigenvalue weighted by Crippen LogP contribution is 2.17. The first-order valence-electron chi connectivity index (χ1n) is 7.81. The van der Waals surface area contributed by atoms with Gasteiger partial charge in [-0.05, 0) is 24.3 Å². The van der Waals surface area contributed by atoms with Gasteiger partial charge in [-0.15, -0.1) is 5.10 Å². The first-order chi connectivity index (χ1) is 12.5. The summed E-state index contributed by atoms with van der Waals surface area (Å²) in [4.78, 5) is 24.4. The third kappa shape index (κ3) is 4.80. The number of nitrogens with zero attached hydrogens (tertiary/aromatic N) is 2. The molecule has 9 heteroatoms. The van der Waals surface area contributed by atoms with Gasteiger partial charge in [0.15, 0.2) is 6.29 Å². The summed E-state index contributed by atoms with van der Waals surface area (Å²) in [5, 5.41) is 9.48. The van der Waals surface area contributed by atoms with E-state index in [1.165, 1.54) is 26.0 Å². The Morgan fingerprint density at radius 2 is 1.77 bits per heavy atom. The lowest BCUT2D eigenvalue weighted by Gasteiger charge is -2.14. The van der Waals surface area contributed by atoms with E-state index in [0.29, 0.717) is 16.8 Å². The van der Waals surface area contributed by atoms with Crippen LogP contribution in [0.25, 0.3) is 0 Å². The standard InChI is InChI=1S/C17H22N4O5/c1-21-10-13(17(20-21)26-4)16(23)19-12-7-5-11(6-8-12)15(22)18-9-14(24-2)25-3/h5-8,10,14H,9H2,1-4H3,(H,18,22)(H,19,23). The minimum Gasteiger partial charge on any atom is -0.479 e. The number of anilines is 1. The van der Waals surface area contributed by atoms with Gasteiger partial charge in [-0.3, -0.25) is 14.3 Å². The molecule has 0 atom stereocenters. The first kappa shape index (κ1) is 19.4. The van der Waals surface area contributed by atoms with Crippen molar-refractivity contribution in [2.24, 2.45) is 7.05 Å². The summed E-state index contributed by atoms with van der Waals surface area (Å²) in [5.74, 6) is -0.377. The lowest BCUT2D eigenvalue weighted by Crippen LogP contribution is -2.34. The summed E-state index contributed by atoms with van der Waals surface area (Å²) in [7, 11) is 6.14. The van der Waals surface area contributed by atoms with Crippen molar-refractivity contribution in [2.45, 2.75) is 6.29 Å². The van der Waals surface area contributed by atoms with Gasteiger partial charge in [-0.1, -0.05) is 0 Å². The summed E-state index contributed by atoms with van der Waals surface area (Å²) in [5.41, 5.74) is 1.32. The molecule has 0 radical (unpaired) electrons. The van der Waals surface area contributed by atoms with E-state index in [0.717, 1.165) is 0 Å². The lowest BCUT2D eigenvalue weighted by molar-refractivity contribution is -0.0974. The van der Waals surface area contributed by atoms with Crippen LogP contribution in [-0.4, -0.2) is 55.8 Å². The fourth-order valence-corrected chi connectivity index (χ4v) is 2.22. The largest absolute Gasteiger partial charge is 0.479 e. The third-order valence-electron chi connectivity index (χ3n) is 3.59. The van der Waals surface area contributed by atoms with E-state index in [2.05, 4.69) is 15.7 Å². The third-order valence-corrected chi connectivity index (χ3v) is 3.59. The number of carbonyl (C=O) groups excluding carboxylic acids is 2. The average molecular weight is 362 g/mol. The lowest BCUT2D eigenvalue weighted by atomic mass is 10.2. The Kier molecular flexibility index (Phi) is 6.70. The number of nitrogens with one attached hydrogen (secondary N) is 2. The number of aromatic nitrogens is 2. The van der Waals surface area contributed by atoms with Crippen molar-refractivity contribution in [3.8, 4) is 5.88 Å². The van der Waals surface area contributed by atoms with Crippen molar-refractivity contribution in [1.82, 2.24) is 15.1 Å². The zero-order valence-corrected chi connectivity index (χ0v) is 15.1. The van der Waals surface area contributed by atoms with Crippen LogP contribution in [0.5, 0.6) is 5.88 Å². The van der Waals surface area contributed by atoms with Crippen molar-refractivity contribution in [3.05, 3.63) is 41.6 Å². The number of ether oxygens (including phenoxy) is 3. The Hall–Kier alpha value is -2.91. The van der Waals surface area contributed by atoms with Crippen molar-refractivity contribution in [1.29, 1.82) is 0 Å². The summed E-state index contributed by atoms with van der Waals surface area (Å²) in [6, 6.07) is 6.50. The highest BCUT2D eigenvalue weighted by molar-refractivity contribution is 6.06. The van der Waals surface area contributed by atoms with Crippen LogP contribution in [0, 0.1) is 0 Å². The minimum atomic E-state index is -0.507. The summed E-state index contributed by atoms with van der Waals surface area (Å²) >= 11 is 0. The molecule has 0 aliphatic heterocycles. The molecule has 0 saturated heterocycles. The topological polar surface area (TPSA) is 104 Å². The molecule has 9 nitrogen and oxygen atoms in total. The Morgan fingerprint density at radius 1 is 1.12 bits per heavy atom. The van der Waals surface area contributed by atoms with Gasteiger partial charge in [0.25, 0.3) is 11.8 Å². The monoisotopic (exact) mass is 362 g/mol. The number of amides is 2. The molecule has 0 fully saturated rings. The summed E-state index contributed by atoms with van der Waals surface area (Å²) in [6.07, 6.45) is 1.06. The Balaban J connectivity index is 1.98. The molecule has 0 aliphatic carbocycles. The van der Waals surface area contributed by atoms with Crippen molar-refractivity contribution in [3.63, 3.8) is 0 Å². The Labute approximate surface area is 151 Å². The number of aryl methyl sites for hydroxylation is 1. The smallest absolute Gasteiger partial charge is 0.262 e. The molecule has 2 N–H and O–H groups in total. The van der Waals surface area contributed by atoms with E-state index in [1.54, 1.807) is 37.5 Å². The van der Waals surface area contributed by atoms with Crippen LogP contribution in [0.3, 0.4) is 0 Å². The van der Waals surface area contributed by atoms with Gasteiger partial charge in [0.2, 0.25) is 5.88 Å². The van der Waals surface area contributed by atoms with Crippen LogP contribution in [-0.2, 0) is 16.5 Å². The van der Waals surface area contributed by atoms with Crippen LogP contribution in [0.2, 0.25) is 0 Å². The van der Waals surface area contributed by atoms with Gasteiger partial charge in [-0.25, -0.2) is 0 Å². The van der Waals surface area contributed by atoms with Crippen molar-refractivity contribution in [2.75, 3.05) is 33.2 Å². The molecular formula is C17H22N4O5. The van der Waals surface area contributed by atoms with Crippen LogP contribution in [0.4, 0.5) is 5.69 Å². The van der Waals surface area contributed by atoms with E-state index in [1.807, 2.05) is 0 Å². The van der Waals surface area contributed by atoms with Crippen LogP contribution in [0.1, 0.15) is 20.7 Å². The second kappa shape index (κ2) is 8.97. The van der Waals surface area contributed by atoms with Crippen molar-refractivity contribution < 1.29 is 23.8 Å². The number of benzene rings is 1. The SMILES string of the molecule is COc1nn(C)cc1C(=O)Nc1ccc(C(=O)NCC(OC)OC)cc1. The highest BCUT2D eigenvalue weighted by atomic mass is 16.7. The zero-order chi connectivity index (χ0) is 19.1. The minimum absolute atomic E-state index is 0.227. The maximum atomic E-state index is 12.3. The van der Waals surface area contributed by atoms with Crippen LogP contribution >= 0.6 is 0 Å². The molecule has 2 rings (SSSR count). The molecule has 26 heavy (non-hydrogen) atoms. The Morgan fingerprint density at radius 3 is 2.35 bits per heavy atom. The van der Waals surface area contributed by atoms with Gasteiger partial charge in [0.05, 0.1) is 13.7 Å². The van der Waals surface area contributed by atoms with Crippen LogP contribution in [0.15, 0.2) is 30.5 Å². The fraction of sp³-hybridized carbons (Fsp3) is 0.353. The maximum absolute atomic E-state index is 12.3. The number of hydrogen-bond acceptors (Lipinski definition) is 6. The van der Waals surface area contributed by atoms with E-state index in [9.17, 15) is 9.59 Å². The van der Waals surface area contributed by atoms with Crippen LogP contribution < -0.4 is 15.4 Å². The molecule has 0 spiro atoms. The molecule has 1 aromatic carbocycles. The average Bonchev–Trinajstić information content (AvgIpc) is 3.04. The number of rotatable bonds is 8. The summed E-state index contributed by atoms with van der Waals surface area (Å²) in [6.45, 7) is 0.227. The molecule has 0 saturated carbocycles. The van der Waals surface area contributed by atoms with Gasteiger partial charge in [0, 0.05) is 38.7 Å². The second-order valence-corrected chi connectivity index (χ2v) is 5.37. The molecule has 2 amide bonds. The molecule has 0 unspecified atom stereocenters. The predicted octanol–water partition coefficient (Wildman–Crippen LogP) is 1.03. The van der Waals surface area contributed by atoms with Gasteiger partial charge in [-0.2, -0.15) is 0 Å². The number of carbonyl (C=O) groups is 2. The molecule has 140 valence electrons. The van der Waals surface area contributed by atoms with Gasteiger partial charge in [0.1, 0.15) is 5.56 Å². The maximum Gasteiger partial charge on any atom is 0.262 e. The van der Waals surface area contributed by atoms with Crippen molar-refractivity contribution >= 4 is 17.5 Å². The number of methoxy groups -OCH3 is 3. The molecule has 0 bridgehead atoms. The van der Waals surface area contributed by atoms with Gasteiger partial charge >= 0.3 is 0 Å². The number of hydrogen-bond donors (Lipinski definition) is 2. The highest BCUT2D eigenvalue weighted by Gasteiger charge is 2.17. The Bertz CT molecular complexity index is 753. The molecule has 2 aromatic rings. The van der Waals surface area contributed by atoms with E-state index < -0.39 is 6.29 Å². The van der Waals surface area contributed by atoms with E-state index in [-0.39, 0.29) is 24.2 Å². The van der Waals surface area contributed by atoms with E-state index >= 15 is 0 Å². The summed E-state index contributed by atoms with van der Waals surface area (Å²) < 4.78 is 16.6. The van der Waals surface area contributed by atoms with E-state index in [4.69, 9.17) is 14.2 Å². The second-order valence-electron chi connectivity index (χ2n) is 5.37. The fourth-order valence-electron chi connectivity index (χ4n) is 2.22. The molecule has 0 aliphatic rings. The first-order valence-corrected chi connectivity index (χ1v) is 7.81. The quantitative estimate of drug-likeness (QED) is 0.680. The molecule has 1 heterocycles. The predicted molar refractivity (Wildman–Crippen MR) is 94.3 cm³/mol. The molecular weight excluding hydrogens is 340 g/mol.